The van der Waals surface area contributed by atoms with Crippen molar-refractivity contribution >= 4 is 33.3 Å². The lowest BCUT2D eigenvalue weighted by Gasteiger charge is -2.08. The molecule has 0 fully saturated rings. The number of pyridine rings is 1. The molecule has 0 saturated carbocycles. The number of hydrogen-bond acceptors (Lipinski definition) is 4. The van der Waals surface area contributed by atoms with Crippen LogP contribution in [0, 0.1) is 0 Å². The molecule has 0 aliphatic rings. The maximum atomic E-state index is 12.0. The normalized spacial score (nSPS) is 9.89. The van der Waals surface area contributed by atoms with E-state index in [1.165, 1.54) is 0 Å². The lowest BCUT2D eigenvalue weighted by atomic mass is 10.2. The Bertz CT molecular complexity index is 556. The van der Waals surface area contributed by atoms with Crippen molar-refractivity contribution in [2.45, 2.75) is 0 Å². The predicted octanol–water partition coefficient (Wildman–Crippen LogP) is 2.38. The van der Waals surface area contributed by atoms with Crippen LogP contribution in [0.2, 0.25) is 0 Å². The molecule has 2 aromatic rings. The van der Waals surface area contributed by atoms with Crippen molar-refractivity contribution < 1.29 is 4.79 Å². The quantitative estimate of drug-likeness (QED) is 0.601. The summed E-state index contributed by atoms with van der Waals surface area (Å²) in [5, 5.41) is 2.76. The Labute approximate surface area is 113 Å². The Balaban J connectivity index is 2.19. The number of amides is 1. The van der Waals surface area contributed by atoms with Gasteiger partial charge in [0.2, 0.25) is 0 Å². The van der Waals surface area contributed by atoms with Crippen molar-refractivity contribution in [1.29, 1.82) is 0 Å². The van der Waals surface area contributed by atoms with Crippen molar-refractivity contribution in [3.63, 3.8) is 0 Å². The number of anilines is 2. The number of aromatic nitrogens is 1. The molecule has 1 aromatic carbocycles. The Morgan fingerprint density at radius 1 is 1.22 bits per heavy atom. The summed E-state index contributed by atoms with van der Waals surface area (Å²) in [7, 11) is 0. The van der Waals surface area contributed by atoms with Gasteiger partial charge >= 0.3 is 0 Å². The summed E-state index contributed by atoms with van der Waals surface area (Å²) in [6.07, 6.45) is 1.56. The fourth-order valence-corrected chi connectivity index (χ4v) is 1.70. The molecule has 18 heavy (non-hydrogen) atoms. The zero-order valence-electron chi connectivity index (χ0n) is 9.35. The number of rotatable bonds is 3. The van der Waals surface area contributed by atoms with Crippen LogP contribution in [0.1, 0.15) is 10.4 Å². The van der Waals surface area contributed by atoms with Gasteiger partial charge in [0, 0.05) is 16.4 Å². The molecular weight excluding hydrogens is 296 g/mol. The van der Waals surface area contributed by atoms with Crippen molar-refractivity contribution in [3.05, 3.63) is 52.6 Å². The molecule has 0 radical (unpaired) electrons. The number of halogens is 1. The molecule has 1 aromatic heterocycles. The van der Waals surface area contributed by atoms with Gasteiger partial charge in [-0.15, -0.1) is 0 Å². The lowest BCUT2D eigenvalue weighted by molar-refractivity contribution is 0.102. The van der Waals surface area contributed by atoms with Crippen LogP contribution in [0.4, 0.5) is 11.5 Å². The third kappa shape index (κ3) is 2.85. The number of hydrazine groups is 1. The highest BCUT2D eigenvalue weighted by molar-refractivity contribution is 9.10. The van der Waals surface area contributed by atoms with Gasteiger partial charge < -0.3 is 10.7 Å². The first kappa shape index (κ1) is 12.5. The molecular formula is C12H11BrN4O. The van der Waals surface area contributed by atoms with Gasteiger partial charge in [-0.3, -0.25) is 4.79 Å². The van der Waals surface area contributed by atoms with E-state index in [2.05, 4.69) is 31.7 Å². The zero-order chi connectivity index (χ0) is 13.0. The second-order valence-electron chi connectivity index (χ2n) is 3.50. The van der Waals surface area contributed by atoms with Gasteiger partial charge in [0.15, 0.2) is 5.82 Å². The van der Waals surface area contributed by atoms with E-state index in [9.17, 15) is 4.79 Å². The van der Waals surface area contributed by atoms with Crippen LogP contribution in [-0.2, 0) is 0 Å². The van der Waals surface area contributed by atoms with E-state index < -0.39 is 0 Å². The summed E-state index contributed by atoms with van der Waals surface area (Å²) >= 11 is 3.33. The highest BCUT2D eigenvalue weighted by Gasteiger charge is 2.11. The third-order valence-corrected chi connectivity index (χ3v) is 2.82. The van der Waals surface area contributed by atoms with E-state index in [0.717, 1.165) is 4.47 Å². The molecule has 0 atom stereocenters. The molecule has 1 heterocycles. The summed E-state index contributed by atoms with van der Waals surface area (Å²) in [5.74, 6) is 5.38. The van der Waals surface area contributed by atoms with Gasteiger partial charge in [-0.2, -0.15) is 0 Å². The van der Waals surface area contributed by atoms with Crippen molar-refractivity contribution in [2.75, 3.05) is 10.7 Å². The molecule has 5 nitrogen and oxygen atoms in total. The fourth-order valence-electron chi connectivity index (χ4n) is 1.44. The van der Waals surface area contributed by atoms with E-state index in [1.54, 1.807) is 30.5 Å². The number of carbonyl (C=O) groups excluding carboxylic acids is 1. The Kier molecular flexibility index (Phi) is 3.91. The smallest absolute Gasteiger partial charge is 0.259 e. The molecule has 0 unspecified atom stereocenters. The van der Waals surface area contributed by atoms with Crippen LogP contribution in [0.25, 0.3) is 0 Å². The molecule has 1 amide bonds. The zero-order valence-corrected chi connectivity index (χ0v) is 10.9. The highest BCUT2D eigenvalue weighted by atomic mass is 79.9. The van der Waals surface area contributed by atoms with E-state index >= 15 is 0 Å². The molecule has 0 aliphatic heterocycles. The first-order chi connectivity index (χ1) is 8.70. The molecule has 6 heteroatoms. The fraction of sp³-hybridized carbons (Fsp3) is 0. The maximum Gasteiger partial charge on any atom is 0.259 e. The first-order valence-corrected chi connectivity index (χ1v) is 5.98. The average molecular weight is 307 g/mol. The molecule has 4 N–H and O–H groups in total. The van der Waals surface area contributed by atoms with E-state index in [0.29, 0.717) is 17.1 Å². The molecule has 0 bridgehead atoms. The number of nitrogens with zero attached hydrogens (tertiary/aromatic N) is 1. The van der Waals surface area contributed by atoms with Gasteiger partial charge in [0.05, 0.1) is 5.56 Å². The highest BCUT2D eigenvalue weighted by Crippen LogP contribution is 2.16. The second-order valence-corrected chi connectivity index (χ2v) is 4.42. The lowest BCUT2D eigenvalue weighted by Crippen LogP contribution is -2.18. The molecule has 92 valence electrons. The summed E-state index contributed by atoms with van der Waals surface area (Å²) in [5.41, 5.74) is 3.49. The minimum Gasteiger partial charge on any atom is -0.322 e. The number of hydrogen-bond donors (Lipinski definition) is 3. The summed E-state index contributed by atoms with van der Waals surface area (Å²) in [6, 6.07) is 10.6. The standard InChI is InChI=1S/C12H11BrN4O/c13-8-3-5-9(6-4-8)16-12(18)10-2-1-7-15-11(10)17-14/h1-7H,14H2,(H,15,17)(H,16,18). The van der Waals surface area contributed by atoms with Crippen molar-refractivity contribution in [3.8, 4) is 0 Å². The summed E-state index contributed by atoms with van der Waals surface area (Å²) < 4.78 is 0.950. The van der Waals surface area contributed by atoms with E-state index in [-0.39, 0.29) is 5.91 Å². The Hall–Kier alpha value is -1.92. The molecule has 0 aliphatic carbocycles. The number of benzene rings is 1. The number of nitrogens with two attached hydrogens (primary N) is 1. The average Bonchev–Trinajstić information content (AvgIpc) is 2.41. The number of carbonyl (C=O) groups is 1. The monoisotopic (exact) mass is 306 g/mol. The van der Waals surface area contributed by atoms with Gasteiger partial charge in [-0.1, -0.05) is 15.9 Å². The van der Waals surface area contributed by atoms with Crippen LogP contribution in [0.15, 0.2) is 47.1 Å². The summed E-state index contributed by atoms with van der Waals surface area (Å²) in [4.78, 5) is 16.0. The van der Waals surface area contributed by atoms with Crippen LogP contribution >= 0.6 is 15.9 Å². The van der Waals surface area contributed by atoms with Gasteiger partial charge in [-0.05, 0) is 36.4 Å². The van der Waals surface area contributed by atoms with Crippen LogP contribution < -0.4 is 16.6 Å². The molecule has 0 spiro atoms. The Morgan fingerprint density at radius 3 is 2.61 bits per heavy atom. The van der Waals surface area contributed by atoms with Crippen LogP contribution in [0.5, 0.6) is 0 Å². The largest absolute Gasteiger partial charge is 0.322 e. The number of nitrogens with one attached hydrogen (secondary N) is 2. The van der Waals surface area contributed by atoms with Gasteiger partial charge in [0.25, 0.3) is 5.91 Å². The van der Waals surface area contributed by atoms with Crippen molar-refractivity contribution in [2.24, 2.45) is 5.84 Å². The van der Waals surface area contributed by atoms with E-state index in [4.69, 9.17) is 5.84 Å². The molecule has 2 rings (SSSR count). The SMILES string of the molecule is NNc1ncccc1C(=O)Nc1ccc(Br)cc1. The molecule has 0 saturated heterocycles. The van der Waals surface area contributed by atoms with E-state index in [1.807, 2.05) is 12.1 Å². The summed E-state index contributed by atoms with van der Waals surface area (Å²) in [6.45, 7) is 0. The second kappa shape index (κ2) is 5.61. The maximum absolute atomic E-state index is 12.0. The minimum atomic E-state index is -0.265. The Morgan fingerprint density at radius 2 is 1.94 bits per heavy atom. The van der Waals surface area contributed by atoms with Crippen molar-refractivity contribution in [1.82, 2.24) is 4.98 Å². The van der Waals surface area contributed by atoms with Gasteiger partial charge in [0.1, 0.15) is 0 Å². The van der Waals surface area contributed by atoms with Gasteiger partial charge in [-0.25, -0.2) is 10.8 Å². The minimum absolute atomic E-state index is 0.265. The van der Waals surface area contributed by atoms with Crippen LogP contribution in [0.3, 0.4) is 0 Å². The number of nitrogen functional groups attached to an aromatic ring is 1. The first-order valence-electron chi connectivity index (χ1n) is 5.19. The third-order valence-electron chi connectivity index (χ3n) is 2.29. The topological polar surface area (TPSA) is 80.0 Å². The predicted molar refractivity (Wildman–Crippen MR) is 74.1 cm³/mol. The van der Waals surface area contributed by atoms with Crippen LogP contribution in [-0.4, -0.2) is 10.9 Å².